The van der Waals surface area contributed by atoms with Crippen LogP contribution in [0.3, 0.4) is 0 Å². The Morgan fingerprint density at radius 3 is 3.00 bits per heavy atom. The maximum atomic E-state index is 11.9. The van der Waals surface area contributed by atoms with Gasteiger partial charge in [0.1, 0.15) is 0 Å². The molecular weight excluding hydrogens is 238 g/mol. The SMILES string of the molecule is CC/C=C(/C)C(=O)Nc1cccc(-n2ccnc2)c1. The van der Waals surface area contributed by atoms with Gasteiger partial charge in [-0.25, -0.2) is 4.98 Å². The van der Waals surface area contributed by atoms with Crippen LogP contribution in [0.15, 0.2) is 54.6 Å². The molecule has 0 atom stereocenters. The maximum Gasteiger partial charge on any atom is 0.250 e. The smallest absolute Gasteiger partial charge is 0.250 e. The lowest BCUT2D eigenvalue weighted by atomic mass is 10.2. The van der Waals surface area contributed by atoms with Crippen molar-refractivity contribution >= 4 is 11.6 Å². The average Bonchev–Trinajstić information content (AvgIpc) is 2.93. The van der Waals surface area contributed by atoms with Crippen molar-refractivity contribution < 1.29 is 4.79 Å². The number of aromatic nitrogens is 2. The molecule has 0 unspecified atom stereocenters. The first-order chi connectivity index (χ1) is 9.20. The van der Waals surface area contributed by atoms with Crippen molar-refractivity contribution in [3.8, 4) is 5.69 Å². The minimum Gasteiger partial charge on any atom is -0.322 e. The molecule has 1 aromatic heterocycles. The summed E-state index contributed by atoms with van der Waals surface area (Å²) in [5, 5.41) is 2.89. The van der Waals surface area contributed by atoms with Crippen molar-refractivity contribution in [1.29, 1.82) is 0 Å². The van der Waals surface area contributed by atoms with Crippen LogP contribution in [0.2, 0.25) is 0 Å². The van der Waals surface area contributed by atoms with Gasteiger partial charge in [0.05, 0.1) is 6.33 Å². The standard InChI is InChI=1S/C15H17N3O/c1-3-5-12(2)15(19)17-13-6-4-7-14(10-13)18-9-8-16-11-18/h4-11H,3H2,1-2H3,(H,17,19)/b12-5-. The van der Waals surface area contributed by atoms with Crippen LogP contribution >= 0.6 is 0 Å². The fourth-order valence-electron chi connectivity index (χ4n) is 1.78. The Morgan fingerprint density at radius 2 is 2.32 bits per heavy atom. The monoisotopic (exact) mass is 255 g/mol. The van der Waals surface area contributed by atoms with E-state index in [0.717, 1.165) is 23.4 Å². The minimum absolute atomic E-state index is 0.0652. The second kappa shape index (κ2) is 6.00. The summed E-state index contributed by atoms with van der Waals surface area (Å²) in [4.78, 5) is 15.9. The second-order valence-electron chi connectivity index (χ2n) is 4.27. The molecule has 0 saturated heterocycles. The number of nitrogens with one attached hydrogen (secondary N) is 1. The van der Waals surface area contributed by atoms with Crippen molar-refractivity contribution in [3.05, 3.63) is 54.6 Å². The number of benzene rings is 1. The van der Waals surface area contributed by atoms with E-state index in [1.807, 2.05) is 55.0 Å². The van der Waals surface area contributed by atoms with E-state index >= 15 is 0 Å². The lowest BCUT2D eigenvalue weighted by Gasteiger charge is -2.08. The molecule has 4 heteroatoms. The molecule has 1 amide bonds. The zero-order chi connectivity index (χ0) is 13.7. The number of carbonyl (C=O) groups is 1. The van der Waals surface area contributed by atoms with Crippen LogP contribution in [0, 0.1) is 0 Å². The number of carbonyl (C=O) groups excluding carboxylic acids is 1. The number of rotatable bonds is 4. The normalized spacial score (nSPS) is 11.4. The molecule has 0 radical (unpaired) electrons. The van der Waals surface area contributed by atoms with Gasteiger partial charge in [-0.1, -0.05) is 19.1 Å². The quantitative estimate of drug-likeness (QED) is 0.853. The van der Waals surface area contributed by atoms with E-state index in [2.05, 4.69) is 10.3 Å². The zero-order valence-electron chi connectivity index (χ0n) is 11.1. The van der Waals surface area contributed by atoms with E-state index in [9.17, 15) is 4.79 Å². The molecule has 0 saturated carbocycles. The fourth-order valence-corrected chi connectivity index (χ4v) is 1.78. The molecule has 98 valence electrons. The second-order valence-corrected chi connectivity index (χ2v) is 4.27. The third kappa shape index (κ3) is 3.31. The Labute approximate surface area is 112 Å². The van der Waals surface area contributed by atoms with E-state index in [1.54, 1.807) is 12.5 Å². The number of hydrogen-bond donors (Lipinski definition) is 1. The highest BCUT2D eigenvalue weighted by Crippen LogP contribution is 2.15. The van der Waals surface area contributed by atoms with Crippen LogP contribution in [-0.2, 0) is 4.79 Å². The van der Waals surface area contributed by atoms with Gasteiger partial charge in [-0.05, 0) is 31.5 Å². The largest absolute Gasteiger partial charge is 0.322 e. The Bertz CT molecular complexity index is 585. The molecule has 0 fully saturated rings. The van der Waals surface area contributed by atoms with Crippen molar-refractivity contribution in [2.24, 2.45) is 0 Å². The van der Waals surface area contributed by atoms with Crippen molar-refractivity contribution in [1.82, 2.24) is 9.55 Å². The molecule has 1 N–H and O–H groups in total. The van der Waals surface area contributed by atoms with E-state index in [1.165, 1.54) is 0 Å². The predicted octanol–water partition coefficient (Wildman–Crippen LogP) is 3.17. The summed E-state index contributed by atoms with van der Waals surface area (Å²) in [5.74, 6) is -0.0652. The van der Waals surface area contributed by atoms with E-state index in [4.69, 9.17) is 0 Å². The van der Waals surface area contributed by atoms with Gasteiger partial charge in [0.15, 0.2) is 0 Å². The first-order valence-electron chi connectivity index (χ1n) is 6.27. The summed E-state index contributed by atoms with van der Waals surface area (Å²) < 4.78 is 1.89. The lowest BCUT2D eigenvalue weighted by molar-refractivity contribution is -0.112. The molecule has 1 aromatic carbocycles. The van der Waals surface area contributed by atoms with Gasteiger partial charge in [-0.15, -0.1) is 0 Å². The molecule has 0 aliphatic carbocycles. The molecular formula is C15H17N3O. The molecule has 4 nitrogen and oxygen atoms in total. The number of hydrogen-bond acceptors (Lipinski definition) is 2. The van der Waals surface area contributed by atoms with Crippen LogP contribution in [0.1, 0.15) is 20.3 Å². The molecule has 0 bridgehead atoms. The number of anilines is 1. The first-order valence-corrected chi connectivity index (χ1v) is 6.27. The highest BCUT2D eigenvalue weighted by molar-refractivity contribution is 6.03. The lowest BCUT2D eigenvalue weighted by Crippen LogP contribution is -2.12. The van der Waals surface area contributed by atoms with Crippen LogP contribution < -0.4 is 5.32 Å². The maximum absolute atomic E-state index is 11.9. The first kappa shape index (κ1) is 13.1. The molecule has 0 spiro atoms. The molecule has 0 aliphatic rings. The van der Waals surface area contributed by atoms with Crippen molar-refractivity contribution in [3.63, 3.8) is 0 Å². The number of imidazole rings is 1. The summed E-state index contributed by atoms with van der Waals surface area (Å²) in [5.41, 5.74) is 2.48. The highest BCUT2D eigenvalue weighted by atomic mass is 16.1. The Morgan fingerprint density at radius 1 is 1.47 bits per heavy atom. The minimum atomic E-state index is -0.0652. The third-order valence-electron chi connectivity index (χ3n) is 2.78. The van der Waals surface area contributed by atoms with Crippen LogP contribution in [0.4, 0.5) is 5.69 Å². The summed E-state index contributed by atoms with van der Waals surface area (Å²) in [6.45, 7) is 3.83. The van der Waals surface area contributed by atoms with Gasteiger partial charge in [-0.2, -0.15) is 0 Å². The van der Waals surface area contributed by atoms with E-state index < -0.39 is 0 Å². The summed E-state index contributed by atoms with van der Waals surface area (Å²) >= 11 is 0. The van der Waals surface area contributed by atoms with Gasteiger partial charge in [0.2, 0.25) is 0 Å². The van der Waals surface area contributed by atoms with Gasteiger partial charge < -0.3 is 9.88 Å². The summed E-state index contributed by atoms with van der Waals surface area (Å²) in [6, 6.07) is 7.66. The molecule has 2 rings (SSSR count). The summed E-state index contributed by atoms with van der Waals surface area (Å²) in [7, 11) is 0. The average molecular weight is 255 g/mol. The van der Waals surface area contributed by atoms with Crippen LogP contribution in [0.25, 0.3) is 5.69 Å². The Hall–Kier alpha value is -2.36. The topological polar surface area (TPSA) is 46.9 Å². The molecule has 1 heterocycles. The van der Waals surface area contributed by atoms with E-state index in [-0.39, 0.29) is 5.91 Å². The number of amides is 1. The summed E-state index contributed by atoms with van der Waals surface area (Å²) in [6.07, 6.45) is 8.08. The van der Waals surface area contributed by atoms with Gasteiger partial charge in [-0.3, -0.25) is 4.79 Å². The predicted molar refractivity (Wildman–Crippen MR) is 76.2 cm³/mol. The van der Waals surface area contributed by atoms with Gasteiger partial charge in [0.25, 0.3) is 5.91 Å². The highest BCUT2D eigenvalue weighted by Gasteiger charge is 2.05. The Kier molecular flexibility index (Phi) is 4.13. The zero-order valence-corrected chi connectivity index (χ0v) is 11.1. The van der Waals surface area contributed by atoms with Crippen molar-refractivity contribution in [2.45, 2.75) is 20.3 Å². The Balaban J connectivity index is 2.16. The van der Waals surface area contributed by atoms with Crippen LogP contribution in [0.5, 0.6) is 0 Å². The number of nitrogens with zero attached hydrogens (tertiary/aromatic N) is 2. The third-order valence-corrected chi connectivity index (χ3v) is 2.78. The van der Waals surface area contributed by atoms with E-state index in [0.29, 0.717) is 0 Å². The van der Waals surface area contributed by atoms with Crippen molar-refractivity contribution in [2.75, 3.05) is 5.32 Å². The molecule has 0 aliphatic heterocycles. The molecule has 2 aromatic rings. The molecule has 19 heavy (non-hydrogen) atoms. The van der Waals surface area contributed by atoms with Gasteiger partial charge in [0, 0.05) is 29.3 Å². The van der Waals surface area contributed by atoms with Crippen LogP contribution in [-0.4, -0.2) is 15.5 Å². The number of allylic oxidation sites excluding steroid dienone is 1. The fraction of sp³-hybridized carbons (Fsp3) is 0.200. The van der Waals surface area contributed by atoms with Gasteiger partial charge >= 0.3 is 0 Å².